The summed E-state index contributed by atoms with van der Waals surface area (Å²) in [7, 11) is 0. The van der Waals surface area contributed by atoms with Gasteiger partial charge in [0.15, 0.2) is 0 Å². The Bertz CT molecular complexity index is 335. The van der Waals surface area contributed by atoms with E-state index in [1.165, 1.54) is 38.0 Å². The lowest BCUT2D eigenvalue weighted by molar-refractivity contribution is 0.327. The monoisotopic (exact) mass is 218 g/mol. The smallest absolute Gasteiger partial charge is 0.0316 e. The van der Waals surface area contributed by atoms with Crippen LogP contribution in [0.3, 0.4) is 0 Å². The summed E-state index contributed by atoms with van der Waals surface area (Å²) in [5.41, 5.74) is 8.01. The largest absolute Gasteiger partial charge is 0.399 e. The second-order valence-electron chi connectivity index (χ2n) is 4.86. The van der Waals surface area contributed by atoms with Gasteiger partial charge in [0.2, 0.25) is 0 Å². The van der Waals surface area contributed by atoms with Crippen molar-refractivity contribution in [3.05, 3.63) is 29.8 Å². The van der Waals surface area contributed by atoms with Crippen molar-refractivity contribution in [3.63, 3.8) is 0 Å². The number of nitrogens with zero attached hydrogens (tertiary/aromatic N) is 1. The summed E-state index contributed by atoms with van der Waals surface area (Å²) in [6, 6.07) is 8.26. The molecule has 0 amide bonds. The zero-order valence-electron chi connectivity index (χ0n) is 10.2. The highest BCUT2D eigenvalue weighted by atomic mass is 15.1. The van der Waals surface area contributed by atoms with Crippen LogP contribution < -0.4 is 5.73 Å². The molecule has 1 unspecified atom stereocenters. The van der Waals surface area contributed by atoms with Crippen molar-refractivity contribution < 1.29 is 0 Å². The number of hydrogen-bond acceptors (Lipinski definition) is 2. The van der Waals surface area contributed by atoms with Gasteiger partial charge in [-0.25, -0.2) is 0 Å². The molecule has 2 N–H and O–H groups in total. The minimum atomic E-state index is 0.880. The normalized spacial score (nSPS) is 21.4. The van der Waals surface area contributed by atoms with Crippen LogP contribution in [-0.4, -0.2) is 24.5 Å². The second kappa shape index (κ2) is 5.35. The molecule has 0 aliphatic carbocycles. The molecule has 1 aromatic carbocycles. The van der Waals surface area contributed by atoms with E-state index < -0.39 is 0 Å². The number of anilines is 1. The molecule has 1 saturated heterocycles. The number of hydrogen-bond donors (Lipinski definition) is 1. The van der Waals surface area contributed by atoms with Crippen LogP contribution in [-0.2, 0) is 6.42 Å². The molecule has 1 fully saturated rings. The van der Waals surface area contributed by atoms with Crippen LogP contribution in [0.25, 0.3) is 0 Å². The van der Waals surface area contributed by atoms with Gasteiger partial charge in [-0.15, -0.1) is 0 Å². The first-order chi connectivity index (χ1) is 7.78. The van der Waals surface area contributed by atoms with Crippen molar-refractivity contribution in [1.82, 2.24) is 4.90 Å². The molecule has 0 saturated carbocycles. The van der Waals surface area contributed by atoms with Gasteiger partial charge in [-0.1, -0.05) is 25.5 Å². The van der Waals surface area contributed by atoms with E-state index in [-0.39, 0.29) is 0 Å². The summed E-state index contributed by atoms with van der Waals surface area (Å²) in [6.07, 6.45) is 3.84. The maximum Gasteiger partial charge on any atom is 0.0316 e. The average Bonchev–Trinajstić information content (AvgIpc) is 2.74. The molecule has 0 radical (unpaired) electrons. The highest BCUT2D eigenvalue weighted by Gasteiger charge is 2.19. The van der Waals surface area contributed by atoms with Crippen molar-refractivity contribution >= 4 is 5.69 Å². The van der Waals surface area contributed by atoms with Gasteiger partial charge >= 0.3 is 0 Å². The fraction of sp³-hybridized carbons (Fsp3) is 0.571. The summed E-state index contributed by atoms with van der Waals surface area (Å²) >= 11 is 0. The molecule has 1 aromatic rings. The fourth-order valence-corrected chi connectivity index (χ4v) is 2.49. The first-order valence-electron chi connectivity index (χ1n) is 6.34. The van der Waals surface area contributed by atoms with Crippen molar-refractivity contribution in [3.8, 4) is 0 Å². The number of nitrogen functional groups attached to an aromatic ring is 1. The van der Waals surface area contributed by atoms with Gasteiger partial charge in [-0.2, -0.15) is 0 Å². The van der Waals surface area contributed by atoms with Gasteiger partial charge in [0.1, 0.15) is 0 Å². The van der Waals surface area contributed by atoms with E-state index in [4.69, 9.17) is 5.73 Å². The predicted octanol–water partition coefficient (Wildman–Crippen LogP) is 2.54. The summed E-state index contributed by atoms with van der Waals surface area (Å²) in [5.74, 6) is 0.931. The Morgan fingerprint density at radius 3 is 3.00 bits per heavy atom. The highest BCUT2D eigenvalue weighted by Crippen LogP contribution is 2.19. The van der Waals surface area contributed by atoms with E-state index in [0.717, 1.165) is 18.0 Å². The predicted molar refractivity (Wildman–Crippen MR) is 69.4 cm³/mol. The fourth-order valence-electron chi connectivity index (χ4n) is 2.49. The Kier molecular flexibility index (Phi) is 3.83. The SMILES string of the molecule is CCC1CCN(CCc2cccc(N)c2)C1. The highest BCUT2D eigenvalue weighted by molar-refractivity contribution is 5.40. The van der Waals surface area contributed by atoms with E-state index in [1.807, 2.05) is 12.1 Å². The van der Waals surface area contributed by atoms with Crippen molar-refractivity contribution in [2.24, 2.45) is 5.92 Å². The third kappa shape index (κ3) is 2.99. The number of benzene rings is 1. The lowest BCUT2D eigenvalue weighted by Gasteiger charge is -2.15. The van der Waals surface area contributed by atoms with Gasteiger partial charge in [0, 0.05) is 18.8 Å². The average molecular weight is 218 g/mol. The summed E-state index contributed by atoms with van der Waals surface area (Å²) in [6.45, 7) is 6.05. The number of nitrogens with two attached hydrogens (primary N) is 1. The topological polar surface area (TPSA) is 29.3 Å². The molecule has 16 heavy (non-hydrogen) atoms. The lowest BCUT2D eigenvalue weighted by Crippen LogP contribution is -2.23. The molecule has 0 bridgehead atoms. The van der Waals surface area contributed by atoms with Crippen LogP contribution >= 0.6 is 0 Å². The van der Waals surface area contributed by atoms with Crippen LogP contribution in [0.15, 0.2) is 24.3 Å². The van der Waals surface area contributed by atoms with Crippen molar-refractivity contribution in [2.45, 2.75) is 26.2 Å². The zero-order chi connectivity index (χ0) is 11.4. The molecular formula is C14H22N2. The zero-order valence-corrected chi connectivity index (χ0v) is 10.2. The molecule has 1 heterocycles. The number of rotatable bonds is 4. The molecule has 2 rings (SSSR count). The van der Waals surface area contributed by atoms with Gasteiger partial charge in [-0.05, 0) is 43.0 Å². The first-order valence-corrected chi connectivity index (χ1v) is 6.34. The molecule has 2 heteroatoms. The van der Waals surface area contributed by atoms with E-state index in [1.54, 1.807) is 0 Å². The molecule has 1 atom stereocenters. The molecule has 2 nitrogen and oxygen atoms in total. The standard InChI is InChI=1S/C14H22N2/c1-2-12-6-8-16(11-12)9-7-13-4-3-5-14(15)10-13/h3-5,10,12H,2,6-9,11,15H2,1H3. The lowest BCUT2D eigenvalue weighted by atomic mass is 10.1. The minimum absolute atomic E-state index is 0.880. The Morgan fingerprint density at radius 1 is 1.44 bits per heavy atom. The van der Waals surface area contributed by atoms with Gasteiger partial charge in [0.25, 0.3) is 0 Å². The van der Waals surface area contributed by atoms with E-state index >= 15 is 0 Å². The van der Waals surface area contributed by atoms with Crippen LogP contribution in [0.2, 0.25) is 0 Å². The number of likely N-dealkylation sites (tertiary alicyclic amines) is 1. The van der Waals surface area contributed by atoms with Crippen molar-refractivity contribution in [1.29, 1.82) is 0 Å². The molecule has 1 aliphatic rings. The molecule has 88 valence electrons. The van der Waals surface area contributed by atoms with Gasteiger partial charge in [0.05, 0.1) is 0 Å². The minimum Gasteiger partial charge on any atom is -0.399 e. The Balaban J connectivity index is 1.80. The van der Waals surface area contributed by atoms with Crippen LogP contribution in [0.4, 0.5) is 5.69 Å². The Hall–Kier alpha value is -1.02. The van der Waals surface area contributed by atoms with Crippen LogP contribution in [0, 0.1) is 5.92 Å². The van der Waals surface area contributed by atoms with Crippen LogP contribution in [0.5, 0.6) is 0 Å². The third-order valence-corrected chi connectivity index (χ3v) is 3.62. The van der Waals surface area contributed by atoms with E-state index in [9.17, 15) is 0 Å². The summed E-state index contributed by atoms with van der Waals surface area (Å²) in [4.78, 5) is 2.58. The van der Waals surface area contributed by atoms with Crippen molar-refractivity contribution in [2.75, 3.05) is 25.4 Å². The second-order valence-corrected chi connectivity index (χ2v) is 4.86. The maximum atomic E-state index is 5.77. The van der Waals surface area contributed by atoms with E-state index in [2.05, 4.69) is 24.0 Å². The Morgan fingerprint density at radius 2 is 2.31 bits per heavy atom. The van der Waals surface area contributed by atoms with Crippen LogP contribution in [0.1, 0.15) is 25.3 Å². The maximum absolute atomic E-state index is 5.77. The molecule has 0 aromatic heterocycles. The molecule has 0 spiro atoms. The Labute approximate surface area is 98.4 Å². The molecular weight excluding hydrogens is 196 g/mol. The van der Waals surface area contributed by atoms with E-state index in [0.29, 0.717) is 0 Å². The summed E-state index contributed by atoms with van der Waals surface area (Å²) in [5, 5.41) is 0. The molecule has 1 aliphatic heterocycles. The quantitative estimate of drug-likeness (QED) is 0.787. The third-order valence-electron chi connectivity index (χ3n) is 3.62. The van der Waals surface area contributed by atoms with Gasteiger partial charge < -0.3 is 10.6 Å². The van der Waals surface area contributed by atoms with Gasteiger partial charge in [-0.3, -0.25) is 0 Å². The summed E-state index contributed by atoms with van der Waals surface area (Å²) < 4.78 is 0. The first kappa shape index (κ1) is 11.5.